The summed E-state index contributed by atoms with van der Waals surface area (Å²) in [5, 5.41) is 4.30. The van der Waals surface area contributed by atoms with Crippen molar-refractivity contribution in [1.82, 2.24) is 19.9 Å². The van der Waals surface area contributed by atoms with Crippen LogP contribution in [0.1, 0.15) is 19.3 Å². The van der Waals surface area contributed by atoms with E-state index < -0.39 is 0 Å². The third-order valence-corrected chi connectivity index (χ3v) is 4.55. The molecule has 1 aliphatic rings. The first-order chi connectivity index (χ1) is 11.6. The van der Waals surface area contributed by atoms with Crippen molar-refractivity contribution in [3.8, 4) is 11.4 Å². The number of nitrogens with two attached hydrogens (primary N) is 1. The van der Waals surface area contributed by atoms with Crippen molar-refractivity contribution in [2.75, 3.05) is 37.2 Å². The average molecular weight is 367 g/mol. The van der Waals surface area contributed by atoms with Crippen LogP contribution < -0.4 is 11.1 Å². The zero-order valence-electron chi connectivity index (χ0n) is 13.3. The summed E-state index contributed by atoms with van der Waals surface area (Å²) in [6.45, 7) is 4.03. The van der Waals surface area contributed by atoms with Crippen LogP contribution in [-0.4, -0.2) is 46.0 Å². The third kappa shape index (κ3) is 4.47. The zero-order chi connectivity index (χ0) is 16.9. The summed E-state index contributed by atoms with van der Waals surface area (Å²) in [4.78, 5) is 15.2. The van der Waals surface area contributed by atoms with Crippen LogP contribution in [0.3, 0.4) is 0 Å². The Morgan fingerprint density at radius 3 is 2.67 bits per heavy atom. The van der Waals surface area contributed by atoms with E-state index in [1.807, 2.05) is 0 Å². The van der Waals surface area contributed by atoms with Crippen molar-refractivity contribution in [3.63, 3.8) is 0 Å². The lowest BCUT2D eigenvalue weighted by Gasteiger charge is -2.26. The summed E-state index contributed by atoms with van der Waals surface area (Å²) in [6, 6.07) is 5.15. The lowest BCUT2D eigenvalue weighted by Crippen LogP contribution is -2.33. The fourth-order valence-electron chi connectivity index (χ4n) is 2.77. The van der Waals surface area contributed by atoms with Crippen molar-refractivity contribution in [3.05, 3.63) is 28.2 Å². The molecular weight excluding hydrogens is 347 g/mol. The maximum atomic E-state index is 6.21. The molecule has 1 aromatic carbocycles. The van der Waals surface area contributed by atoms with Crippen molar-refractivity contribution in [1.29, 1.82) is 0 Å². The minimum atomic E-state index is 0.150. The van der Waals surface area contributed by atoms with Gasteiger partial charge in [0, 0.05) is 23.7 Å². The highest BCUT2D eigenvalue weighted by molar-refractivity contribution is 6.35. The molecule has 24 heavy (non-hydrogen) atoms. The van der Waals surface area contributed by atoms with Gasteiger partial charge in [-0.1, -0.05) is 29.6 Å². The summed E-state index contributed by atoms with van der Waals surface area (Å²) in [7, 11) is 0. The summed E-state index contributed by atoms with van der Waals surface area (Å²) >= 11 is 12.2. The summed E-state index contributed by atoms with van der Waals surface area (Å²) in [6.07, 6.45) is 3.88. The number of nitrogen functional groups attached to an aromatic ring is 1. The van der Waals surface area contributed by atoms with E-state index in [0.717, 1.165) is 26.2 Å². The topological polar surface area (TPSA) is 80.0 Å². The SMILES string of the molecule is Nc1nc(NCCN2CCCCC2)nc(-c2cc(Cl)ccc2Cl)n1. The van der Waals surface area contributed by atoms with Gasteiger partial charge in [0.15, 0.2) is 5.82 Å². The van der Waals surface area contributed by atoms with Gasteiger partial charge in [0.25, 0.3) is 0 Å². The number of likely N-dealkylation sites (tertiary alicyclic amines) is 1. The molecule has 0 radical (unpaired) electrons. The number of hydrogen-bond donors (Lipinski definition) is 2. The first-order valence-corrected chi connectivity index (χ1v) is 8.80. The molecule has 1 fully saturated rings. The Morgan fingerprint density at radius 2 is 1.88 bits per heavy atom. The Kier molecular flexibility index (Phi) is 5.71. The molecule has 6 nitrogen and oxygen atoms in total. The number of halogens is 2. The normalized spacial score (nSPS) is 15.4. The molecule has 2 heterocycles. The zero-order valence-corrected chi connectivity index (χ0v) is 14.8. The Labute approximate surface area is 151 Å². The quantitative estimate of drug-likeness (QED) is 0.844. The number of piperidine rings is 1. The van der Waals surface area contributed by atoms with Gasteiger partial charge in [-0.2, -0.15) is 15.0 Å². The number of rotatable bonds is 5. The van der Waals surface area contributed by atoms with Gasteiger partial charge in [-0.25, -0.2) is 0 Å². The number of anilines is 2. The Hall–Kier alpha value is -1.63. The van der Waals surface area contributed by atoms with Gasteiger partial charge in [-0.3, -0.25) is 0 Å². The molecule has 3 N–H and O–H groups in total. The molecule has 3 rings (SSSR count). The second-order valence-corrected chi connectivity index (χ2v) is 6.64. The van der Waals surface area contributed by atoms with Gasteiger partial charge in [0.05, 0.1) is 5.02 Å². The first kappa shape index (κ1) is 17.2. The molecular formula is C16H20Cl2N6. The molecule has 0 bridgehead atoms. The highest BCUT2D eigenvalue weighted by Crippen LogP contribution is 2.28. The van der Waals surface area contributed by atoms with Crippen LogP contribution in [0.25, 0.3) is 11.4 Å². The molecule has 2 aromatic rings. The Bertz CT molecular complexity index is 703. The number of benzene rings is 1. The van der Waals surface area contributed by atoms with Gasteiger partial charge < -0.3 is 16.0 Å². The van der Waals surface area contributed by atoms with Crippen LogP contribution >= 0.6 is 23.2 Å². The molecule has 1 aliphatic heterocycles. The maximum Gasteiger partial charge on any atom is 0.228 e. The molecule has 8 heteroatoms. The van der Waals surface area contributed by atoms with Crippen molar-refractivity contribution >= 4 is 35.1 Å². The van der Waals surface area contributed by atoms with Crippen LogP contribution in [0.5, 0.6) is 0 Å². The molecule has 1 aromatic heterocycles. The fraction of sp³-hybridized carbons (Fsp3) is 0.438. The fourth-order valence-corrected chi connectivity index (χ4v) is 3.14. The minimum absolute atomic E-state index is 0.150. The smallest absolute Gasteiger partial charge is 0.228 e. The van der Waals surface area contributed by atoms with Crippen LogP contribution in [-0.2, 0) is 0 Å². The monoisotopic (exact) mass is 366 g/mol. The van der Waals surface area contributed by atoms with E-state index in [1.165, 1.54) is 19.3 Å². The third-order valence-electron chi connectivity index (χ3n) is 3.98. The highest BCUT2D eigenvalue weighted by atomic mass is 35.5. The van der Waals surface area contributed by atoms with Crippen LogP contribution in [0.4, 0.5) is 11.9 Å². The second kappa shape index (κ2) is 7.96. The summed E-state index contributed by atoms with van der Waals surface area (Å²) in [5.74, 6) is 1.01. The lowest BCUT2D eigenvalue weighted by atomic mass is 10.1. The van der Waals surface area contributed by atoms with Gasteiger partial charge >= 0.3 is 0 Å². The summed E-state index contributed by atoms with van der Waals surface area (Å²) < 4.78 is 0. The van der Waals surface area contributed by atoms with Crippen molar-refractivity contribution in [2.24, 2.45) is 0 Å². The van der Waals surface area contributed by atoms with Crippen LogP contribution in [0.2, 0.25) is 10.0 Å². The summed E-state index contributed by atoms with van der Waals surface area (Å²) in [5.41, 5.74) is 6.45. The molecule has 0 spiro atoms. The molecule has 0 atom stereocenters. The molecule has 1 saturated heterocycles. The number of aromatic nitrogens is 3. The van der Waals surface area contributed by atoms with E-state index in [0.29, 0.717) is 27.4 Å². The van der Waals surface area contributed by atoms with Gasteiger partial charge in [0.2, 0.25) is 11.9 Å². The predicted octanol–water partition coefficient (Wildman–Crippen LogP) is 3.33. The number of hydrogen-bond acceptors (Lipinski definition) is 6. The molecule has 0 amide bonds. The van der Waals surface area contributed by atoms with Crippen LogP contribution in [0, 0.1) is 0 Å². The number of nitrogens with zero attached hydrogens (tertiary/aromatic N) is 4. The van der Waals surface area contributed by atoms with Crippen LogP contribution in [0.15, 0.2) is 18.2 Å². The Balaban J connectivity index is 1.70. The van der Waals surface area contributed by atoms with Gasteiger partial charge in [-0.05, 0) is 44.1 Å². The van der Waals surface area contributed by atoms with E-state index in [1.54, 1.807) is 18.2 Å². The lowest BCUT2D eigenvalue weighted by molar-refractivity contribution is 0.237. The molecule has 0 aliphatic carbocycles. The van der Waals surface area contributed by atoms with Gasteiger partial charge in [-0.15, -0.1) is 0 Å². The number of nitrogens with one attached hydrogen (secondary N) is 1. The molecule has 0 unspecified atom stereocenters. The van der Waals surface area contributed by atoms with E-state index in [4.69, 9.17) is 28.9 Å². The average Bonchev–Trinajstić information content (AvgIpc) is 2.57. The standard InChI is InChI=1S/C16H20Cl2N6/c17-11-4-5-13(18)12(10-11)14-21-15(19)23-16(22-14)20-6-9-24-7-2-1-3-8-24/h4-5,10H,1-3,6-9H2,(H3,19,20,21,22,23). The van der Waals surface area contributed by atoms with Crippen molar-refractivity contribution in [2.45, 2.75) is 19.3 Å². The predicted molar refractivity (Wildman–Crippen MR) is 98.5 cm³/mol. The maximum absolute atomic E-state index is 6.21. The van der Waals surface area contributed by atoms with E-state index in [-0.39, 0.29) is 5.95 Å². The first-order valence-electron chi connectivity index (χ1n) is 8.05. The molecule has 128 valence electrons. The largest absolute Gasteiger partial charge is 0.368 e. The Morgan fingerprint density at radius 1 is 1.08 bits per heavy atom. The van der Waals surface area contributed by atoms with Crippen molar-refractivity contribution < 1.29 is 0 Å². The van der Waals surface area contributed by atoms with E-state index in [2.05, 4.69) is 25.2 Å². The van der Waals surface area contributed by atoms with E-state index in [9.17, 15) is 0 Å². The van der Waals surface area contributed by atoms with E-state index >= 15 is 0 Å². The van der Waals surface area contributed by atoms with Gasteiger partial charge in [0.1, 0.15) is 0 Å². The minimum Gasteiger partial charge on any atom is -0.368 e. The highest BCUT2D eigenvalue weighted by Gasteiger charge is 2.12. The molecule has 0 saturated carbocycles. The second-order valence-electron chi connectivity index (χ2n) is 5.79.